The van der Waals surface area contributed by atoms with E-state index in [0.717, 1.165) is 12.1 Å². The van der Waals surface area contributed by atoms with Crippen LogP contribution in [0.15, 0.2) is 46.9 Å². The van der Waals surface area contributed by atoms with E-state index in [1.54, 1.807) is 24.3 Å². The molecule has 2 rings (SSSR count). The average Bonchev–Trinajstić information content (AvgIpc) is 2.40. The summed E-state index contributed by atoms with van der Waals surface area (Å²) in [6, 6.07) is 8.97. The highest BCUT2D eigenvalue weighted by atomic mass is 79.9. The Morgan fingerprint density at radius 3 is 2.38 bits per heavy atom. The Labute approximate surface area is 127 Å². The minimum atomic E-state index is -4.64. The maximum atomic E-state index is 13.2. The van der Waals surface area contributed by atoms with Crippen LogP contribution in [0.2, 0.25) is 0 Å². The Morgan fingerprint density at radius 2 is 1.76 bits per heavy atom. The first-order valence-electron chi connectivity index (χ1n) is 6.07. The molecule has 2 aromatic carbocycles. The van der Waals surface area contributed by atoms with Gasteiger partial charge in [0.05, 0.1) is 11.7 Å². The second-order valence-corrected chi connectivity index (χ2v) is 5.39. The molecule has 1 unspecified atom stereocenters. The van der Waals surface area contributed by atoms with Crippen molar-refractivity contribution < 1.29 is 22.7 Å². The van der Waals surface area contributed by atoms with Crippen LogP contribution in [0, 0.1) is 5.82 Å². The summed E-state index contributed by atoms with van der Waals surface area (Å²) in [6.07, 6.45) is -6.14. The Balaban J connectivity index is 2.37. The van der Waals surface area contributed by atoms with Crippen LogP contribution in [0.25, 0.3) is 0 Å². The fraction of sp³-hybridized carbons (Fsp3) is 0.200. The van der Waals surface area contributed by atoms with E-state index in [-0.39, 0.29) is 6.42 Å². The van der Waals surface area contributed by atoms with Crippen molar-refractivity contribution in [2.24, 2.45) is 0 Å². The molecule has 1 nitrogen and oxygen atoms in total. The predicted octanol–water partition coefficient (Wildman–Crippen LogP) is 4.88. The first kappa shape index (κ1) is 16.0. The van der Waals surface area contributed by atoms with Gasteiger partial charge in [-0.25, -0.2) is 4.39 Å². The second-order valence-electron chi connectivity index (χ2n) is 4.54. The van der Waals surface area contributed by atoms with Gasteiger partial charge in [0.1, 0.15) is 5.82 Å². The number of alkyl halides is 3. The van der Waals surface area contributed by atoms with Crippen molar-refractivity contribution in [1.82, 2.24) is 0 Å². The Hall–Kier alpha value is -1.40. The molecule has 0 aliphatic carbocycles. The van der Waals surface area contributed by atoms with Gasteiger partial charge in [0.25, 0.3) is 0 Å². The van der Waals surface area contributed by atoms with E-state index < -0.39 is 29.2 Å². The summed E-state index contributed by atoms with van der Waals surface area (Å²) in [5, 5.41) is 10.1. The molecule has 0 aromatic heterocycles. The first-order chi connectivity index (χ1) is 9.79. The highest BCUT2D eigenvalue weighted by Gasteiger charge is 2.35. The zero-order chi connectivity index (χ0) is 15.6. The van der Waals surface area contributed by atoms with Crippen LogP contribution in [-0.2, 0) is 12.6 Å². The molecule has 6 heteroatoms. The molecule has 21 heavy (non-hydrogen) atoms. The third kappa shape index (κ3) is 3.83. The lowest BCUT2D eigenvalue weighted by molar-refractivity contribution is -0.139. The molecule has 0 saturated carbocycles. The van der Waals surface area contributed by atoms with Gasteiger partial charge in [0, 0.05) is 10.9 Å². The number of halogens is 5. The molecule has 2 aromatic rings. The van der Waals surface area contributed by atoms with Gasteiger partial charge in [-0.2, -0.15) is 13.2 Å². The quantitative estimate of drug-likeness (QED) is 0.771. The maximum absolute atomic E-state index is 13.2. The van der Waals surface area contributed by atoms with Crippen molar-refractivity contribution in [3.8, 4) is 0 Å². The second kappa shape index (κ2) is 6.15. The lowest BCUT2D eigenvalue weighted by atomic mass is 9.96. The third-order valence-corrected chi connectivity index (χ3v) is 3.82. The van der Waals surface area contributed by atoms with Crippen molar-refractivity contribution in [1.29, 1.82) is 0 Å². The molecule has 0 spiro atoms. The minimum absolute atomic E-state index is 0.0477. The Bertz CT molecular complexity index is 640. The number of hydrogen-bond acceptors (Lipinski definition) is 1. The highest BCUT2D eigenvalue weighted by Crippen LogP contribution is 2.36. The summed E-state index contributed by atoms with van der Waals surface area (Å²) in [7, 11) is 0. The summed E-state index contributed by atoms with van der Waals surface area (Å²) >= 11 is 3.26. The number of aliphatic hydroxyl groups is 1. The van der Waals surface area contributed by atoms with Crippen LogP contribution in [0.3, 0.4) is 0 Å². The standard InChI is InChI=1S/C15H11BrF4O/c16-13-4-2-1-3-9(13)7-14(21)11-8-10(17)5-6-12(11)15(18,19)20/h1-6,8,14,21H,7H2. The summed E-state index contributed by atoms with van der Waals surface area (Å²) in [5.41, 5.74) is -0.843. The van der Waals surface area contributed by atoms with E-state index in [1.165, 1.54) is 0 Å². The number of hydrogen-bond donors (Lipinski definition) is 1. The van der Waals surface area contributed by atoms with Crippen LogP contribution in [0.4, 0.5) is 17.6 Å². The molecule has 112 valence electrons. The van der Waals surface area contributed by atoms with Crippen LogP contribution in [-0.4, -0.2) is 5.11 Å². The zero-order valence-electron chi connectivity index (χ0n) is 10.7. The molecule has 0 radical (unpaired) electrons. The summed E-state index contributed by atoms with van der Waals surface area (Å²) in [5.74, 6) is -0.816. The average molecular weight is 363 g/mol. The number of aliphatic hydroxyl groups excluding tert-OH is 1. The smallest absolute Gasteiger partial charge is 0.388 e. The molecule has 1 N–H and O–H groups in total. The van der Waals surface area contributed by atoms with Gasteiger partial charge in [-0.1, -0.05) is 34.1 Å². The fourth-order valence-electron chi connectivity index (χ4n) is 2.05. The Kier molecular flexibility index (Phi) is 4.68. The van der Waals surface area contributed by atoms with Gasteiger partial charge < -0.3 is 5.11 Å². The fourth-order valence-corrected chi connectivity index (χ4v) is 2.50. The maximum Gasteiger partial charge on any atom is 0.416 e. The SMILES string of the molecule is OC(Cc1ccccc1Br)c1cc(F)ccc1C(F)(F)F. The van der Waals surface area contributed by atoms with Gasteiger partial charge >= 0.3 is 6.18 Å². The molecule has 0 heterocycles. The van der Waals surface area contributed by atoms with Gasteiger partial charge in [-0.05, 0) is 35.4 Å². The lowest BCUT2D eigenvalue weighted by Crippen LogP contribution is -2.14. The number of benzene rings is 2. The van der Waals surface area contributed by atoms with Crippen molar-refractivity contribution in [2.75, 3.05) is 0 Å². The molecule has 0 fully saturated rings. The molecule has 0 aliphatic rings. The van der Waals surface area contributed by atoms with Crippen LogP contribution >= 0.6 is 15.9 Å². The molecule has 0 bridgehead atoms. The molecule has 0 saturated heterocycles. The van der Waals surface area contributed by atoms with Crippen LogP contribution in [0.5, 0.6) is 0 Å². The topological polar surface area (TPSA) is 20.2 Å². The van der Waals surface area contributed by atoms with Gasteiger partial charge in [0.15, 0.2) is 0 Å². The van der Waals surface area contributed by atoms with Gasteiger partial charge in [0.2, 0.25) is 0 Å². The van der Waals surface area contributed by atoms with Crippen LogP contribution in [0.1, 0.15) is 22.8 Å². The summed E-state index contributed by atoms with van der Waals surface area (Å²) < 4.78 is 52.6. The first-order valence-corrected chi connectivity index (χ1v) is 6.86. The summed E-state index contributed by atoms with van der Waals surface area (Å²) in [6.45, 7) is 0. The highest BCUT2D eigenvalue weighted by molar-refractivity contribution is 9.10. The Morgan fingerprint density at radius 1 is 1.10 bits per heavy atom. The molecule has 1 atom stereocenters. The number of rotatable bonds is 3. The van der Waals surface area contributed by atoms with Crippen molar-refractivity contribution in [3.63, 3.8) is 0 Å². The van der Waals surface area contributed by atoms with Gasteiger partial charge in [-0.3, -0.25) is 0 Å². The van der Waals surface area contributed by atoms with Crippen molar-refractivity contribution in [3.05, 3.63) is 69.4 Å². The van der Waals surface area contributed by atoms with Gasteiger partial charge in [-0.15, -0.1) is 0 Å². The van der Waals surface area contributed by atoms with E-state index in [9.17, 15) is 22.7 Å². The van der Waals surface area contributed by atoms with E-state index in [1.807, 2.05) is 0 Å². The lowest BCUT2D eigenvalue weighted by Gasteiger charge is -2.18. The van der Waals surface area contributed by atoms with E-state index in [2.05, 4.69) is 15.9 Å². The molecular weight excluding hydrogens is 352 g/mol. The largest absolute Gasteiger partial charge is 0.416 e. The monoisotopic (exact) mass is 362 g/mol. The van der Waals surface area contributed by atoms with Crippen LogP contribution < -0.4 is 0 Å². The molecule has 0 aliphatic heterocycles. The predicted molar refractivity (Wildman–Crippen MR) is 74.2 cm³/mol. The molecule has 0 amide bonds. The van der Waals surface area contributed by atoms with Crippen molar-refractivity contribution >= 4 is 15.9 Å². The molecular formula is C15H11BrF4O. The third-order valence-electron chi connectivity index (χ3n) is 3.05. The normalized spacial score (nSPS) is 13.2. The van der Waals surface area contributed by atoms with E-state index >= 15 is 0 Å². The zero-order valence-corrected chi connectivity index (χ0v) is 12.2. The summed E-state index contributed by atoms with van der Waals surface area (Å²) in [4.78, 5) is 0. The minimum Gasteiger partial charge on any atom is -0.388 e. The van der Waals surface area contributed by atoms with E-state index in [0.29, 0.717) is 16.1 Å². The van der Waals surface area contributed by atoms with E-state index in [4.69, 9.17) is 0 Å². The van der Waals surface area contributed by atoms with Crippen molar-refractivity contribution in [2.45, 2.75) is 18.7 Å².